The molecule has 0 aliphatic rings. The normalized spacial score (nSPS) is 10.9. The average molecular weight is 273 g/mol. The fourth-order valence-electron chi connectivity index (χ4n) is 2.63. The molecule has 0 saturated heterocycles. The van der Waals surface area contributed by atoms with Crippen LogP contribution in [0.1, 0.15) is 47.4 Å². The number of carboxylic acids is 1. The standard InChI is InChI=1S/C16H19NO3/c1-4-6-13-10(5-2)15(18)11-7-9(3)8-12(16(19)20)14(11)17-13/h7-8H,4-6H2,1-3H3,(H,17,18)(H,19,20). The Bertz CT molecular complexity index is 729. The molecule has 106 valence electrons. The Hall–Kier alpha value is -2.10. The Morgan fingerprint density at radius 2 is 2.00 bits per heavy atom. The van der Waals surface area contributed by atoms with Gasteiger partial charge in [0.15, 0.2) is 5.43 Å². The smallest absolute Gasteiger partial charge is 0.337 e. The Morgan fingerprint density at radius 1 is 1.30 bits per heavy atom. The number of carbonyl (C=O) groups is 1. The minimum atomic E-state index is -1.01. The molecule has 0 fully saturated rings. The van der Waals surface area contributed by atoms with Gasteiger partial charge in [0.2, 0.25) is 0 Å². The molecule has 0 amide bonds. The van der Waals surface area contributed by atoms with Gasteiger partial charge in [0, 0.05) is 16.6 Å². The van der Waals surface area contributed by atoms with Crippen LogP contribution in [0, 0.1) is 6.92 Å². The van der Waals surface area contributed by atoms with Gasteiger partial charge >= 0.3 is 5.97 Å². The highest BCUT2D eigenvalue weighted by Crippen LogP contribution is 2.20. The lowest BCUT2D eigenvalue weighted by Gasteiger charge is -2.11. The third-order valence-electron chi connectivity index (χ3n) is 3.53. The van der Waals surface area contributed by atoms with Crippen LogP contribution in [-0.2, 0) is 12.8 Å². The summed E-state index contributed by atoms with van der Waals surface area (Å²) in [6.45, 7) is 5.79. The van der Waals surface area contributed by atoms with Crippen LogP contribution in [-0.4, -0.2) is 16.1 Å². The second-order valence-corrected chi connectivity index (χ2v) is 5.05. The molecule has 0 saturated carbocycles. The summed E-state index contributed by atoms with van der Waals surface area (Å²) in [5.41, 5.74) is 2.97. The summed E-state index contributed by atoms with van der Waals surface area (Å²) in [5.74, 6) is -1.01. The average Bonchev–Trinajstić information content (AvgIpc) is 2.39. The van der Waals surface area contributed by atoms with Crippen LogP contribution in [0.3, 0.4) is 0 Å². The number of pyridine rings is 1. The van der Waals surface area contributed by atoms with Crippen LogP contribution in [0.25, 0.3) is 10.9 Å². The van der Waals surface area contributed by atoms with Gasteiger partial charge in [-0.05, 0) is 37.5 Å². The molecule has 1 heterocycles. The number of benzene rings is 1. The summed E-state index contributed by atoms with van der Waals surface area (Å²) in [7, 11) is 0. The summed E-state index contributed by atoms with van der Waals surface area (Å²) in [6, 6.07) is 3.36. The highest BCUT2D eigenvalue weighted by atomic mass is 16.4. The second-order valence-electron chi connectivity index (χ2n) is 5.05. The number of H-pyrrole nitrogens is 1. The first-order valence-electron chi connectivity index (χ1n) is 6.91. The first-order chi connectivity index (χ1) is 9.49. The summed E-state index contributed by atoms with van der Waals surface area (Å²) >= 11 is 0. The van der Waals surface area contributed by atoms with E-state index in [-0.39, 0.29) is 11.0 Å². The molecule has 0 unspecified atom stereocenters. The number of aryl methyl sites for hydroxylation is 2. The number of aromatic amines is 1. The van der Waals surface area contributed by atoms with E-state index in [1.54, 1.807) is 19.1 Å². The molecular weight excluding hydrogens is 254 g/mol. The van der Waals surface area contributed by atoms with Crippen molar-refractivity contribution < 1.29 is 9.90 Å². The fraction of sp³-hybridized carbons (Fsp3) is 0.375. The van der Waals surface area contributed by atoms with Gasteiger partial charge in [0.25, 0.3) is 0 Å². The molecule has 0 spiro atoms. The maximum Gasteiger partial charge on any atom is 0.337 e. The molecule has 2 rings (SSSR count). The lowest BCUT2D eigenvalue weighted by Crippen LogP contribution is -2.16. The molecule has 1 aromatic carbocycles. The van der Waals surface area contributed by atoms with Crippen LogP contribution in [0.2, 0.25) is 0 Å². The largest absolute Gasteiger partial charge is 0.478 e. The summed E-state index contributed by atoms with van der Waals surface area (Å²) in [4.78, 5) is 27.1. The van der Waals surface area contributed by atoms with Crippen molar-refractivity contribution in [2.45, 2.75) is 40.0 Å². The van der Waals surface area contributed by atoms with Crippen molar-refractivity contribution >= 4 is 16.9 Å². The van der Waals surface area contributed by atoms with Crippen molar-refractivity contribution in [1.82, 2.24) is 4.98 Å². The zero-order valence-corrected chi connectivity index (χ0v) is 12.0. The van der Waals surface area contributed by atoms with Gasteiger partial charge in [-0.15, -0.1) is 0 Å². The van der Waals surface area contributed by atoms with Crippen LogP contribution in [0.5, 0.6) is 0 Å². The van der Waals surface area contributed by atoms with E-state index < -0.39 is 5.97 Å². The number of hydrogen-bond acceptors (Lipinski definition) is 2. The maximum atomic E-state index is 12.6. The van der Waals surface area contributed by atoms with Crippen molar-refractivity contribution in [2.24, 2.45) is 0 Å². The predicted molar refractivity (Wildman–Crippen MR) is 79.6 cm³/mol. The molecule has 0 bridgehead atoms. The van der Waals surface area contributed by atoms with Gasteiger partial charge in [0.05, 0.1) is 11.1 Å². The number of fused-ring (bicyclic) bond motifs is 1. The molecule has 1 aromatic heterocycles. The molecule has 20 heavy (non-hydrogen) atoms. The van der Waals surface area contributed by atoms with Gasteiger partial charge in [-0.1, -0.05) is 20.3 Å². The summed E-state index contributed by atoms with van der Waals surface area (Å²) in [6.07, 6.45) is 2.31. The number of aromatic nitrogens is 1. The maximum absolute atomic E-state index is 12.6. The van der Waals surface area contributed by atoms with E-state index in [9.17, 15) is 14.7 Å². The highest BCUT2D eigenvalue weighted by molar-refractivity contribution is 6.02. The predicted octanol–water partition coefficient (Wildman–Crippen LogP) is 3.05. The van der Waals surface area contributed by atoms with Gasteiger partial charge in [0.1, 0.15) is 0 Å². The van der Waals surface area contributed by atoms with E-state index in [1.165, 1.54) is 0 Å². The molecule has 4 nitrogen and oxygen atoms in total. The summed E-state index contributed by atoms with van der Waals surface area (Å²) in [5, 5.41) is 9.79. The second kappa shape index (κ2) is 5.49. The lowest BCUT2D eigenvalue weighted by atomic mass is 9.99. The molecule has 0 atom stereocenters. The zero-order chi connectivity index (χ0) is 14.9. The first-order valence-corrected chi connectivity index (χ1v) is 6.91. The van der Waals surface area contributed by atoms with Gasteiger partial charge in [-0.25, -0.2) is 4.79 Å². The Labute approximate surface area is 117 Å². The molecule has 2 aromatic rings. The van der Waals surface area contributed by atoms with Crippen molar-refractivity contribution in [3.8, 4) is 0 Å². The molecule has 2 N–H and O–H groups in total. The van der Waals surface area contributed by atoms with Crippen LogP contribution < -0.4 is 5.43 Å². The topological polar surface area (TPSA) is 70.2 Å². The Balaban J connectivity index is 2.93. The molecule has 0 aliphatic heterocycles. The van der Waals surface area contributed by atoms with Crippen molar-refractivity contribution in [3.63, 3.8) is 0 Å². The van der Waals surface area contributed by atoms with Gasteiger partial charge in [-0.2, -0.15) is 0 Å². The summed E-state index contributed by atoms with van der Waals surface area (Å²) < 4.78 is 0. The van der Waals surface area contributed by atoms with E-state index in [4.69, 9.17) is 0 Å². The van der Waals surface area contributed by atoms with Crippen molar-refractivity contribution in [1.29, 1.82) is 0 Å². The molecule has 0 radical (unpaired) electrons. The molecular formula is C16H19NO3. The number of hydrogen-bond donors (Lipinski definition) is 2. The molecule has 0 aliphatic carbocycles. The van der Waals surface area contributed by atoms with Crippen LogP contribution in [0.4, 0.5) is 0 Å². The van der Waals surface area contributed by atoms with E-state index in [0.717, 1.165) is 29.7 Å². The third kappa shape index (κ3) is 2.33. The number of nitrogens with one attached hydrogen (secondary N) is 1. The van der Waals surface area contributed by atoms with Gasteiger partial charge < -0.3 is 10.1 Å². The van der Waals surface area contributed by atoms with Crippen LogP contribution >= 0.6 is 0 Å². The van der Waals surface area contributed by atoms with Crippen molar-refractivity contribution in [2.75, 3.05) is 0 Å². The van der Waals surface area contributed by atoms with Crippen LogP contribution in [0.15, 0.2) is 16.9 Å². The number of aromatic carboxylic acids is 1. The fourth-order valence-corrected chi connectivity index (χ4v) is 2.63. The quantitative estimate of drug-likeness (QED) is 0.899. The first kappa shape index (κ1) is 14.3. The van der Waals surface area contributed by atoms with E-state index >= 15 is 0 Å². The zero-order valence-electron chi connectivity index (χ0n) is 12.0. The number of carboxylic acid groups (broad SMARTS) is 1. The monoisotopic (exact) mass is 273 g/mol. The third-order valence-corrected chi connectivity index (χ3v) is 3.53. The van der Waals surface area contributed by atoms with Gasteiger partial charge in [-0.3, -0.25) is 4.79 Å². The Morgan fingerprint density at radius 3 is 2.55 bits per heavy atom. The molecule has 4 heteroatoms. The lowest BCUT2D eigenvalue weighted by molar-refractivity contribution is 0.0698. The minimum absolute atomic E-state index is 0.0455. The SMILES string of the molecule is CCCc1[nH]c2c(C(=O)O)cc(C)cc2c(=O)c1CC. The van der Waals surface area contributed by atoms with Crippen molar-refractivity contribution in [3.05, 3.63) is 44.7 Å². The highest BCUT2D eigenvalue weighted by Gasteiger charge is 2.16. The van der Waals surface area contributed by atoms with E-state index in [0.29, 0.717) is 17.3 Å². The Kier molecular flexibility index (Phi) is 3.93. The number of rotatable bonds is 4. The van der Waals surface area contributed by atoms with E-state index in [2.05, 4.69) is 4.98 Å². The van der Waals surface area contributed by atoms with E-state index in [1.807, 2.05) is 13.8 Å². The minimum Gasteiger partial charge on any atom is -0.478 e.